The van der Waals surface area contributed by atoms with Gasteiger partial charge >= 0.3 is 5.97 Å². The molecule has 1 aliphatic carbocycles. The average Bonchev–Trinajstić information content (AvgIpc) is 3.24. The van der Waals surface area contributed by atoms with Gasteiger partial charge in [-0.3, -0.25) is 14.4 Å². The Labute approximate surface area is 212 Å². The van der Waals surface area contributed by atoms with Crippen molar-refractivity contribution in [3.05, 3.63) is 24.3 Å². The lowest BCUT2D eigenvalue weighted by Gasteiger charge is -2.39. The lowest BCUT2D eigenvalue weighted by atomic mass is 9.78. The number of thioether (sulfide) groups is 1. The Morgan fingerprint density at radius 1 is 1.03 bits per heavy atom. The Balaban J connectivity index is 1.54. The molecule has 4 heterocycles. The molecule has 0 aromatic rings. The molecule has 0 radical (unpaired) electrons. The topological polar surface area (TPSA) is 87.2 Å². The maximum atomic E-state index is 14.3. The molecule has 192 valence electrons. The van der Waals surface area contributed by atoms with E-state index in [1.165, 1.54) is 6.42 Å². The third kappa shape index (κ3) is 4.45. The minimum absolute atomic E-state index is 0.0234. The number of allylic oxidation sites excluding steroid dienone is 1. The van der Waals surface area contributed by atoms with Crippen LogP contribution in [-0.4, -0.2) is 81.1 Å². The van der Waals surface area contributed by atoms with E-state index in [-0.39, 0.29) is 35.7 Å². The molecular weight excluding hydrogens is 464 g/mol. The molecule has 0 aromatic heterocycles. The van der Waals surface area contributed by atoms with Crippen molar-refractivity contribution in [2.75, 3.05) is 26.3 Å². The van der Waals surface area contributed by atoms with Crippen molar-refractivity contribution in [2.24, 2.45) is 11.8 Å². The van der Waals surface area contributed by atoms with Crippen molar-refractivity contribution in [3.63, 3.8) is 0 Å². The third-order valence-corrected chi connectivity index (χ3v) is 10.2. The van der Waals surface area contributed by atoms with Crippen LogP contribution in [0.2, 0.25) is 0 Å². The zero-order valence-corrected chi connectivity index (χ0v) is 21.3. The quantitative estimate of drug-likeness (QED) is 0.353. The number of hydrogen-bond acceptors (Lipinski definition) is 6. The van der Waals surface area contributed by atoms with Gasteiger partial charge < -0.3 is 19.6 Å². The number of rotatable bonds is 5. The van der Waals surface area contributed by atoms with E-state index in [9.17, 15) is 19.5 Å². The van der Waals surface area contributed by atoms with Gasteiger partial charge in [-0.15, -0.1) is 11.8 Å². The van der Waals surface area contributed by atoms with Crippen LogP contribution in [0.25, 0.3) is 0 Å². The van der Waals surface area contributed by atoms with Gasteiger partial charge in [-0.05, 0) is 44.9 Å². The highest BCUT2D eigenvalue weighted by Gasteiger charge is 2.71. The van der Waals surface area contributed by atoms with Crippen LogP contribution in [-0.2, 0) is 19.1 Å². The Morgan fingerprint density at radius 3 is 2.66 bits per heavy atom. The van der Waals surface area contributed by atoms with Crippen LogP contribution in [0.4, 0.5) is 0 Å². The van der Waals surface area contributed by atoms with Gasteiger partial charge in [0.05, 0.1) is 23.2 Å². The molecule has 2 amide bonds. The predicted octanol–water partition coefficient (Wildman–Crippen LogP) is 3.07. The van der Waals surface area contributed by atoms with Crippen LogP contribution in [0.5, 0.6) is 0 Å². The van der Waals surface area contributed by atoms with Crippen molar-refractivity contribution in [2.45, 2.75) is 86.3 Å². The molecule has 2 saturated heterocycles. The van der Waals surface area contributed by atoms with E-state index in [1.54, 1.807) is 16.7 Å². The van der Waals surface area contributed by atoms with Crippen molar-refractivity contribution in [3.8, 4) is 0 Å². The van der Waals surface area contributed by atoms with Gasteiger partial charge in [-0.25, -0.2) is 0 Å². The largest absolute Gasteiger partial charge is 0.465 e. The second-order valence-corrected chi connectivity index (χ2v) is 12.1. The predicted molar refractivity (Wildman–Crippen MR) is 135 cm³/mol. The summed E-state index contributed by atoms with van der Waals surface area (Å²) in [6.07, 6.45) is 17.8. The van der Waals surface area contributed by atoms with Crippen molar-refractivity contribution in [1.29, 1.82) is 0 Å². The molecule has 1 spiro atoms. The number of fused-ring (bicyclic) bond motifs is 2. The molecule has 1 saturated carbocycles. The number of hydrogen-bond donors (Lipinski definition) is 1. The highest BCUT2D eigenvalue weighted by molar-refractivity contribution is 8.02. The molecule has 35 heavy (non-hydrogen) atoms. The Hall–Kier alpha value is -1.80. The monoisotopic (exact) mass is 502 g/mol. The van der Waals surface area contributed by atoms with Crippen LogP contribution in [0.15, 0.2) is 24.3 Å². The second-order valence-electron chi connectivity index (χ2n) is 10.6. The molecule has 5 aliphatic rings. The van der Waals surface area contributed by atoms with Crippen LogP contribution >= 0.6 is 11.8 Å². The van der Waals surface area contributed by atoms with Crippen LogP contribution in [0.1, 0.15) is 64.2 Å². The first-order valence-corrected chi connectivity index (χ1v) is 14.4. The van der Waals surface area contributed by atoms with E-state index in [0.29, 0.717) is 32.5 Å². The first-order valence-electron chi connectivity index (χ1n) is 13.5. The van der Waals surface area contributed by atoms with Gasteiger partial charge in [0, 0.05) is 31.0 Å². The van der Waals surface area contributed by atoms with Gasteiger partial charge in [-0.1, -0.05) is 43.6 Å². The number of aliphatic hydroxyl groups excluding tert-OH is 1. The number of carbonyl (C=O) groups excluding carboxylic acids is 3. The van der Waals surface area contributed by atoms with Crippen molar-refractivity contribution in [1.82, 2.24) is 9.80 Å². The van der Waals surface area contributed by atoms with E-state index in [2.05, 4.69) is 24.3 Å². The summed E-state index contributed by atoms with van der Waals surface area (Å²) in [5, 5.41) is 9.16. The smallest absolute Gasteiger partial charge is 0.311 e. The number of aliphatic hydroxyl groups is 1. The van der Waals surface area contributed by atoms with Crippen molar-refractivity contribution < 1.29 is 24.2 Å². The summed E-state index contributed by atoms with van der Waals surface area (Å²) in [6.45, 7) is 1.41. The molecule has 5 rings (SSSR count). The fourth-order valence-corrected chi connectivity index (χ4v) is 8.79. The Kier molecular flexibility index (Phi) is 7.58. The van der Waals surface area contributed by atoms with Gasteiger partial charge in [0.25, 0.3) is 0 Å². The number of esters is 1. The Bertz CT molecular complexity index is 885. The van der Waals surface area contributed by atoms with Crippen LogP contribution in [0, 0.1) is 11.8 Å². The first kappa shape index (κ1) is 24.9. The summed E-state index contributed by atoms with van der Waals surface area (Å²) in [7, 11) is 0. The fraction of sp³-hybridized carbons (Fsp3) is 0.741. The first-order chi connectivity index (χ1) is 17.1. The molecule has 0 aromatic carbocycles. The zero-order valence-electron chi connectivity index (χ0n) is 20.5. The summed E-state index contributed by atoms with van der Waals surface area (Å²) in [4.78, 5) is 45.4. The zero-order chi connectivity index (χ0) is 24.4. The van der Waals surface area contributed by atoms with Crippen LogP contribution in [0.3, 0.4) is 0 Å². The molecule has 4 aliphatic heterocycles. The number of nitrogens with zero attached hydrogens (tertiary/aromatic N) is 2. The highest BCUT2D eigenvalue weighted by Crippen LogP contribution is 2.60. The molecule has 7 nitrogen and oxygen atoms in total. The molecule has 8 heteroatoms. The minimum atomic E-state index is -0.774. The van der Waals surface area contributed by atoms with E-state index >= 15 is 0 Å². The molecule has 5 atom stereocenters. The van der Waals surface area contributed by atoms with E-state index < -0.39 is 22.6 Å². The third-order valence-electron chi connectivity index (χ3n) is 8.45. The van der Waals surface area contributed by atoms with Gasteiger partial charge in [-0.2, -0.15) is 0 Å². The highest BCUT2D eigenvalue weighted by atomic mass is 32.2. The van der Waals surface area contributed by atoms with Crippen LogP contribution < -0.4 is 0 Å². The summed E-state index contributed by atoms with van der Waals surface area (Å²) in [5.74, 6) is -1.60. The lowest BCUT2D eigenvalue weighted by Crippen LogP contribution is -2.55. The second kappa shape index (κ2) is 10.7. The minimum Gasteiger partial charge on any atom is -0.465 e. The number of likely N-dealkylation sites (tertiary alicyclic amines) is 1. The van der Waals surface area contributed by atoms with E-state index in [0.717, 1.165) is 44.9 Å². The number of unbranched alkanes of at least 4 members (excludes halogenated alkanes) is 1. The number of carbonyl (C=O) groups is 3. The van der Waals surface area contributed by atoms with Gasteiger partial charge in [0.15, 0.2) is 0 Å². The lowest BCUT2D eigenvalue weighted by molar-refractivity contribution is -0.153. The average molecular weight is 503 g/mol. The summed E-state index contributed by atoms with van der Waals surface area (Å²) >= 11 is 1.62. The number of cyclic esters (lactones) is 1. The molecule has 1 N–H and O–H groups in total. The number of ether oxygens (including phenoxy) is 1. The molecule has 3 fully saturated rings. The standard InChI is InChI=1S/C27H38N2O5S/c30-17-8-7-15-29-23-25(32)28(19-11-4-3-5-12-19)16-10-14-27(23)22(24(29)31)21-20(35-27)13-6-1-2-9-18-34-26(21)33/h6,10,13-14,19-23,30H,1-5,7-9,11-12,15-18H2/b13-6-/t20-,21+,22+,23?,27+/m1/s1. The Morgan fingerprint density at radius 2 is 1.86 bits per heavy atom. The van der Waals surface area contributed by atoms with E-state index in [4.69, 9.17) is 4.74 Å². The molecule has 1 unspecified atom stereocenters. The summed E-state index contributed by atoms with van der Waals surface area (Å²) in [6, 6.07) is -0.412. The SMILES string of the molecule is O=C1OCCCC/C=C\[C@H]2S[C@]34C=CCN(C5CCCCC5)C(=O)C3N(CCCCO)C(=O)[C@@H]4[C@@H]12. The van der Waals surface area contributed by atoms with Gasteiger partial charge in [0.2, 0.25) is 11.8 Å². The summed E-state index contributed by atoms with van der Waals surface area (Å²) in [5.41, 5.74) is 0. The maximum absolute atomic E-state index is 14.3. The summed E-state index contributed by atoms with van der Waals surface area (Å²) < 4.78 is 4.89. The number of amides is 2. The van der Waals surface area contributed by atoms with Crippen molar-refractivity contribution >= 4 is 29.5 Å². The molecular formula is C27H38N2O5S. The van der Waals surface area contributed by atoms with E-state index in [1.807, 2.05) is 4.90 Å². The maximum Gasteiger partial charge on any atom is 0.311 e. The normalized spacial score (nSPS) is 36.9. The van der Waals surface area contributed by atoms with Gasteiger partial charge in [0.1, 0.15) is 6.04 Å². The fourth-order valence-electron chi connectivity index (χ4n) is 6.79. The molecule has 0 bridgehead atoms.